The van der Waals surface area contributed by atoms with Crippen molar-refractivity contribution in [3.63, 3.8) is 0 Å². The van der Waals surface area contributed by atoms with Crippen molar-refractivity contribution in [2.75, 3.05) is 50.9 Å². The van der Waals surface area contributed by atoms with Gasteiger partial charge in [0.05, 0.1) is 16.3 Å². The second-order valence-electron chi connectivity index (χ2n) is 8.21. The van der Waals surface area contributed by atoms with E-state index in [0.717, 1.165) is 66.0 Å². The molecule has 31 heavy (non-hydrogen) atoms. The van der Waals surface area contributed by atoms with E-state index < -0.39 is 0 Å². The van der Waals surface area contributed by atoms with Gasteiger partial charge in [-0.3, -0.25) is 0 Å². The average Bonchev–Trinajstić information content (AvgIpc) is 3.23. The number of benzene rings is 1. The highest BCUT2D eigenvalue weighted by Gasteiger charge is 2.16. The lowest BCUT2D eigenvalue weighted by Gasteiger charge is -2.23. The van der Waals surface area contributed by atoms with Crippen LogP contribution in [0.4, 0.5) is 11.1 Å². The van der Waals surface area contributed by atoms with Crippen LogP contribution < -0.4 is 16.0 Å². The number of anilines is 2. The van der Waals surface area contributed by atoms with Crippen molar-refractivity contribution >= 4 is 22.4 Å². The molecule has 8 heteroatoms. The SMILES string of the molecule is Cc1ccccc1-c1cc(-c2cnc(NC3CCNCC3)s2)nc(NCCN(C)C)n1. The molecule has 1 aliphatic rings. The largest absolute Gasteiger partial charge is 0.359 e. The lowest BCUT2D eigenvalue weighted by molar-refractivity contribution is 0.425. The summed E-state index contributed by atoms with van der Waals surface area (Å²) in [5.41, 5.74) is 4.15. The molecule has 0 atom stereocenters. The molecule has 4 rings (SSSR count). The van der Waals surface area contributed by atoms with Crippen molar-refractivity contribution in [3.05, 3.63) is 42.1 Å². The van der Waals surface area contributed by atoms with Gasteiger partial charge in [-0.15, -0.1) is 0 Å². The number of piperidine rings is 1. The Morgan fingerprint density at radius 1 is 1.13 bits per heavy atom. The number of nitrogens with zero attached hydrogens (tertiary/aromatic N) is 4. The van der Waals surface area contributed by atoms with Gasteiger partial charge in [-0.1, -0.05) is 35.6 Å². The molecule has 1 saturated heterocycles. The van der Waals surface area contributed by atoms with E-state index in [0.29, 0.717) is 12.0 Å². The highest BCUT2D eigenvalue weighted by molar-refractivity contribution is 7.18. The molecule has 0 spiro atoms. The van der Waals surface area contributed by atoms with E-state index in [-0.39, 0.29) is 0 Å². The van der Waals surface area contributed by atoms with Gasteiger partial charge in [0.2, 0.25) is 5.95 Å². The zero-order valence-corrected chi connectivity index (χ0v) is 19.3. The standard InChI is InChI=1S/C23H31N7S/c1-16-6-4-5-7-18(16)19-14-20(29-22(28-19)25-12-13-30(2)3)21-15-26-23(31-21)27-17-8-10-24-11-9-17/h4-7,14-15,17,24H,8-13H2,1-3H3,(H,26,27)(H,25,28,29). The quantitative estimate of drug-likeness (QED) is 0.496. The molecule has 2 aromatic heterocycles. The van der Waals surface area contributed by atoms with Gasteiger partial charge in [0.15, 0.2) is 5.13 Å². The Kier molecular flexibility index (Phi) is 7.11. The summed E-state index contributed by atoms with van der Waals surface area (Å²) < 4.78 is 0. The summed E-state index contributed by atoms with van der Waals surface area (Å²) in [6.07, 6.45) is 4.17. The molecule has 0 radical (unpaired) electrons. The molecular weight excluding hydrogens is 406 g/mol. The molecule has 0 aliphatic carbocycles. The number of likely N-dealkylation sites (N-methyl/N-ethyl adjacent to an activating group) is 1. The van der Waals surface area contributed by atoms with Crippen LogP contribution in [0.5, 0.6) is 0 Å². The molecule has 0 unspecified atom stereocenters. The van der Waals surface area contributed by atoms with E-state index in [1.807, 2.05) is 6.20 Å². The van der Waals surface area contributed by atoms with Crippen molar-refractivity contribution in [1.29, 1.82) is 0 Å². The first-order valence-corrected chi connectivity index (χ1v) is 11.7. The van der Waals surface area contributed by atoms with Crippen molar-refractivity contribution < 1.29 is 0 Å². The summed E-state index contributed by atoms with van der Waals surface area (Å²) in [4.78, 5) is 17.4. The van der Waals surface area contributed by atoms with Crippen molar-refractivity contribution in [1.82, 2.24) is 25.2 Å². The molecule has 1 aromatic carbocycles. The minimum Gasteiger partial charge on any atom is -0.359 e. The molecule has 0 bridgehead atoms. The maximum atomic E-state index is 4.81. The van der Waals surface area contributed by atoms with Crippen LogP contribution in [0.3, 0.4) is 0 Å². The fourth-order valence-electron chi connectivity index (χ4n) is 3.64. The summed E-state index contributed by atoms with van der Waals surface area (Å²) in [7, 11) is 4.12. The minimum atomic E-state index is 0.483. The Hall–Kier alpha value is -2.55. The molecule has 3 aromatic rings. The van der Waals surface area contributed by atoms with Gasteiger partial charge in [-0.25, -0.2) is 15.0 Å². The smallest absolute Gasteiger partial charge is 0.223 e. The van der Waals surface area contributed by atoms with Crippen LogP contribution in [0.25, 0.3) is 21.8 Å². The molecule has 1 aliphatic heterocycles. The number of hydrogen-bond donors (Lipinski definition) is 3. The number of thiazole rings is 1. The lowest BCUT2D eigenvalue weighted by atomic mass is 10.1. The first-order chi connectivity index (χ1) is 15.1. The Balaban J connectivity index is 1.61. The van der Waals surface area contributed by atoms with Gasteiger partial charge in [0.25, 0.3) is 0 Å². The maximum Gasteiger partial charge on any atom is 0.223 e. The van der Waals surface area contributed by atoms with E-state index in [1.165, 1.54) is 5.56 Å². The van der Waals surface area contributed by atoms with E-state index in [9.17, 15) is 0 Å². The van der Waals surface area contributed by atoms with E-state index in [1.54, 1.807) is 11.3 Å². The van der Waals surface area contributed by atoms with E-state index in [2.05, 4.69) is 77.2 Å². The number of aryl methyl sites for hydroxylation is 1. The predicted octanol–water partition coefficient (Wildman–Crippen LogP) is 3.71. The van der Waals surface area contributed by atoms with Crippen LogP contribution in [0.1, 0.15) is 18.4 Å². The monoisotopic (exact) mass is 437 g/mol. The molecule has 1 fully saturated rings. The second-order valence-corrected chi connectivity index (χ2v) is 9.24. The van der Waals surface area contributed by atoms with Crippen LogP contribution in [-0.4, -0.2) is 66.2 Å². The first-order valence-electron chi connectivity index (χ1n) is 10.9. The van der Waals surface area contributed by atoms with Crippen molar-refractivity contribution in [3.8, 4) is 21.8 Å². The molecule has 164 valence electrons. The van der Waals surface area contributed by atoms with E-state index in [4.69, 9.17) is 9.97 Å². The number of aromatic nitrogens is 3. The van der Waals surface area contributed by atoms with Crippen LogP contribution in [-0.2, 0) is 0 Å². The van der Waals surface area contributed by atoms with Crippen LogP contribution in [0, 0.1) is 6.92 Å². The minimum absolute atomic E-state index is 0.483. The Morgan fingerprint density at radius 3 is 2.68 bits per heavy atom. The second kappa shape index (κ2) is 10.2. The predicted molar refractivity (Wildman–Crippen MR) is 130 cm³/mol. The molecule has 3 heterocycles. The van der Waals surface area contributed by atoms with Gasteiger partial charge in [-0.2, -0.15) is 0 Å². The summed E-state index contributed by atoms with van der Waals surface area (Å²) >= 11 is 1.66. The number of nitrogens with one attached hydrogen (secondary N) is 3. The zero-order valence-electron chi connectivity index (χ0n) is 18.5. The molecule has 0 saturated carbocycles. The van der Waals surface area contributed by atoms with Gasteiger partial charge in [0.1, 0.15) is 0 Å². The number of hydrogen-bond acceptors (Lipinski definition) is 8. The third kappa shape index (κ3) is 5.78. The normalized spacial score (nSPS) is 14.7. The first kappa shape index (κ1) is 21.7. The summed E-state index contributed by atoms with van der Waals surface area (Å²) in [6.45, 7) is 5.93. The van der Waals surface area contributed by atoms with Gasteiger partial charge in [0, 0.05) is 30.9 Å². The Bertz CT molecular complexity index is 995. The fraction of sp³-hybridized carbons (Fsp3) is 0.435. The van der Waals surface area contributed by atoms with Crippen LogP contribution in [0.2, 0.25) is 0 Å². The fourth-order valence-corrected chi connectivity index (χ4v) is 4.50. The van der Waals surface area contributed by atoms with Crippen molar-refractivity contribution in [2.45, 2.75) is 25.8 Å². The van der Waals surface area contributed by atoms with Gasteiger partial charge in [-0.05, 0) is 58.6 Å². The van der Waals surface area contributed by atoms with Gasteiger partial charge < -0.3 is 20.9 Å². The molecule has 0 amide bonds. The molecule has 7 nitrogen and oxygen atoms in total. The Morgan fingerprint density at radius 2 is 1.90 bits per heavy atom. The van der Waals surface area contributed by atoms with Gasteiger partial charge >= 0.3 is 0 Å². The number of rotatable bonds is 8. The lowest BCUT2D eigenvalue weighted by Crippen LogP contribution is -2.35. The zero-order chi connectivity index (χ0) is 21.6. The van der Waals surface area contributed by atoms with Crippen molar-refractivity contribution in [2.24, 2.45) is 0 Å². The summed E-state index contributed by atoms with van der Waals surface area (Å²) in [6, 6.07) is 10.9. The third-order valence-electron chi connectivity index (χ3n) is 5.41. The highest BCUT2D eigenvalue weighted by atomic mass is 32.1. The summed E-state index contributed by atoms with van der Waals surface area (Å²) in [5, 5.41) is 11.3. The Labute approximate surface area is 188 Å². The van der Waals surface area contributed by atoms with Crippen LogP contribution in [0.15, 0.2) is 36.5 Å². The third-order valence-corrected chi connectivity index (χ3v) is 6.37. The van der Waals surface area contributed by atoms with E-state index >= 15 is 0 Å². The molecule has 3 N–H and O–H groups in total. The average molecular weight is 438 g/mol. The topological polar surface area (TPSA) is 78.0 Å². The molecular formula is C23H31N7S. The van der Waals surface area contributed by atoms with Crippen LogP contribution >= 0.6 is 11.3 Å². The summed E-state index contributed by atoms with van der Waals surface area (Å²) in [5.74, 6) is 0.652. The maximum absolute atomic E-state index is 4.81. The highest BCUT2D eigenvalue weighted by Crippen LogP contribution is 2.32.